The topological polar surface area (TPSA) is 141 Å². The van der Waals surface area contributed by atoms with E-state index in [4.69, 9.17) is 15.0 Å². The average Bonchev–Trinajstić information content (AvgIpc) is 3.30. The molecule has 2 N–H and O–H groups in total. The minimum atomic E-state index is -4.92. The van der Waals surface area contributed by atoms with Gasteiger partial charge in [0.25, 0.3) is 5.89 Å². The summed E-state index contributed by atoms with van der Waals surface area (Å²) in [5.74, 6) is -1.38. The second-order valence-electron chi connectivity index (χ2n) is 7.36. The van der Waals surface area contributed by atoms with Gasteiger partial charge in [0.05, 0.1) is 9.38 Å². The quantitative estimate of drug-likeness (QED) is 0.306. The number of hydrogen-bond donors (Lipinski definition) is 1. The van der Waals surface area contributed by atoms with Crippen molar-refractivity contribution in [2.24, 2.45) is 10.7 Å². The van der Waals surface area contributed by atoms with Crippen LogP contribution in [0.15, 0.2) is 48.9 Å². The number of ether oxygens (including phenoxy) is 1. The molecule has 0 amide bonds. The standard InChI is InChI=1S/C21H25BrF3N5O5S/c1-4-30(5-2)9-10-34-15(31)12-27-17(16(22)18(26)21(23,24)25)20-28-19(29-35-20)13-7-6-8-14(11-13)36(3,32)33/h6-8,11H,4-5,9-10,12,26H2,1-3H3. The number of allylic oxidation sites excluding steroid dienone is 2. The Kier molecular flexibility index (Phi) is 10.2. The number of aliphatic imine (C=N–C) groups is 1. The zero-order valence-electron chi connectivity index (χ0n) is 19.7. The van der Waals surface area contributed by atoms with Crippen LogP contribution in [0.4, 0.5) is 13.2 Å². The fourth-order valence-electron chi connectivity index (χ4n) is 2.80. The Hall–Kier alpha value is -2.78. The monoisotopic (exact) mass is 595 g/mol. The van der Waals surface area contributed by atoms with Crippen LogP contribution in [0.25, 0.3) is 11.4 Å². The molecule has 1 aromatic heterocycles. The van der Waals surface area contributed by atoms with Crippen LogP contribution in [0, 0.1) is 0 Å². The number of sulfone groups is 1. The summed E-state index contributed by atoms with van der Waals surface area (Å²) in [5.41, 5.74) is 3.39. The molecule has 198 valence electrons. The van der Waals surface area contributed by atoms with Crippen LogP contribution in [0.5, 0.6) is 0 Å². The number of likely N-dealkylation sites (N-methyl/N-ethyl adjacent to an activating group) is 1. The van der Waals surface area contributed by atoms with Gasteiger partial charge < -0.3 is 19.9 Å². The van der Waals surface area contributed by atoms with Crippen molar-refractivity contribution in [3.05, 3.63) is 40.3 Å². The number of rotatable bonds is 11. The van der Waals surface area contributed by atoms with Crippen LogP contribution in [0.1, 0.15) is 19.7 Å². The van der Waals surface area contributed by atoms with E-state index in [-0.39, 0.29) is 22.9 Å². The van der Waals surface area contributed by atoms with E-state index in [0.29, 0.717) is 6.54 Å². The van der Waals surface area contributed by atoms with Crippen molar-refractivity contribution in [1.82, 2.24) is 15.0 Å². The molecule has 1 aromatic carbocycles. The molecular weight excluding hydrogens is 571 g/mol. The highest BCUT2D eigenvalue weighted by atomic mass is 79.9. The van der Waals surface area contributed by atoms with Crippen molar-refractivity contribution in [2.75, 3.05) is 39.0 Å². The van der Waals surface area contributed by atoms with E-state index in [1.807, 2.05) is 18.7 Å². The van der Waals surface area contributed by atoms with Gasteiger partial charge in [-0.25, -0.2) is 8.42 Å². The van der Waals surface area contributed by atoms with Crippen molar-refractivity contribution in [1.29, 1.82) is 0 Å². The van der Waals surface area contributed by atoms with Gasteiger partial charge in [-0.1, -0.05) is 31.1 Å². The second kappa shape index (κ2) is 12.5. The number of nitrogens with zero attached hydrogens (tertiary/aromatic N) is 4. The molecule has 15 heteroatoms. The van der Waals surface area contributed by atoms with E-state index in [1.165, 1.54) is 24.3 Å². The van der Waals surface area contributed by atoms with Gasteiger partial charge in [0.2, 0.25) is 5.82 Å². The van der Waals surface area contributed by atoms with Gasteiger partial charge in [-0.05, 0) is 41.2 Å². The number of nitrogens with two attached hydrogens (primary N) is 1. The molecule has 10 nitrogen and oxygen atoms in total. The summed E-state index contributed by atoms with van der Waals surface area (Å²) in [6, 6.07) is 5.58. The Morgan fingerprint density at radius 2 is 1.94 bits per heavy atom. The molecule has 36 heavy (non-hydrogen) atoms. The van der Waals surface area contributed by atoms with Gasteiger partial charge >= 0.3 is 12.1 Å². The molecule has 0 fully saturated rings. The van der Waals surface area contributed by atoms with E-state index in [0.717, 1.165) is 19.3 Å². The summed E-state index contributed by atoms with van der Waals surface area (Å²) in [6.07, 6.45) is -3.90. The Balaban J connectivity index is 2.37. The number of halogens is 4. The zero-order valence-corrected chi connectivity index (χ0v) is 22.1. The van der Waals surface area contributed by atoms with Crippen LogP contribution in [0.3, 0.4) is 0 Å². The van der Waals surface area contributed by atoms with Crippen molar-refractivity contribution < 1.29 is 35.6 Å². The summed E-state index contributed by atoms with van der Waals surface area (Å²) in [7, 11) is -3.54. The lowest BCUT2D eigenvalue weighted by molar-refractivity contribution is -0.142. The number of hydrogen-bond acceptors (Lipinski definition) is 10. The summed E-state index contributed by atoms with van der Waals surface area (Å²) >= 11 is 2.76. The minimum absolute atomic E-state index is 0.0184. The Bertz CT molecular complexity index is 1240. The Morgan fingerprint density at radius 1 is 1.28 bits per heavy atom. The fraction of sp³-hybridized carbons (Fsp3) is 0.429. The van der Waals surface area contributed by atoms with Gasteiger partial charge in [-0.15, -0.1) is 0 Å². The minimum Gasteiger partial charge on any atom is -0.463 e. The van der Waals surface area contributed by atoms with E-state index in [2.05, 4.69) is 31.1 Å². The SMILES string of the molecule is CCN(CC)CCOC(=O)CN=C(C(Br)=C(N)C(F)(F)F)c1nc(-c2cccc(S(C)(=O)=O)c2)no1. The lowest BCUT2D eigenvalue weighted by Crippen LogP contribution is -2.28. The summed E-state index contributed by atoms with van der Waals surface area (Å²) in [6.45, 7) is 5.34. The molecule has 0 aliphatic heterocycles. The van der Waals surface area contributed by atoms with Gasteiger partial charge in [-0.3, -0.25) is 9.79 Å². The number of aromatic nitrogens is 2. The highest BCUT2D eigenvalue weighted by Crippen LogP contribution is 2.29. The maximum absolute atomic E-state index is 13.2. The molecule has 0 saturated heterocycles. The number of alkyl halides is 3. The van der Waals surface area contributed by atoms with Crippen LogP contribution < -0.4 is 5.73 Å². The van der Waals surface area contributed by atoms with Gasteiger partial charge in [0.1, 0.15) is 24.6 Å². The predicted molar refractivity (Wildman–Crippen MR) is 129 cm³/mol. The highest BCUT2D eigenvalue weighted by molar-refractivity contribution is 9.12. The molecule has 0 atom stereocenters. The van der Waals surface area contributed by atoms with E-state index < -0.39 is 50.3 Å². The molecule has 0 aliphatic rings. The maximum atomic E-state index is 13.2. The van der Waals surface area contributed by atoms with Gasteiger partial charge in [-0.2, -0.15) is 18.2 Å². The summed E-state index contributed by atoms with van der Waals surface area (Å²) in [4.78, 5) is 22.0. The lowest BCUT2D eigenvalue weighted by Gasteiger charge is -2.17. The second-order valence-corrected chi connectivity index (χ2v) is 10.2. The van der Waals surface area contributed by atoms with Crippen LogP contribution in [-0.2, 0) is 19.4 Å². The van der Waals surface area contributed by atoms with Gasteiger partial charge in [0.15, 0.2) is 9.84 Å². The number of esters is 1. The first-order valence-corrected chi connectivity index (χ1v) is 13.3. The third-order valence-electron chi connectivity index (χ3n) is 4.83. The molecular formula is C21H25BrF3N5O5S. The number of carbonyl (C=O) groups excluding carboxylic acids is 1. The smallest absolute Gasteiger partial charge is 0.431 e. The molecule has 0 aliphatic carbocycles. The number of carbonyl (C=O) groups is 1. The normalized spacial score (nSPS) is 13.6. The van der Waals surface area contributed by atoms with Crippen molar-refractivity contribution in [2.45, 2.75) is 24.9 Å². The van der Waals surface area contributed by atoms with Crippen LogP contribution in [0.2, 0.25) is 0 Å². The molecule has 0 saturated carbocycles. The van der Waals surface area contributed by atoms with Crippen molar-refractivity contribution in [3.63, 3.8) is 0 Å². The van der Waals surface area contributed by atoms with E-state index >= 15 is 0 Å². The molecule has 0 unspecified atom stereocenters. The molecule has 0 bridgehead atoms. The van der Waals surface area contributed by atoms with E-state index in [1.54, 1.807) is 0 Å². The predicted octanol–water partition coefficient (Wildman–Crippen LogP) is 2.94. The van der Waals surface area contributed by atoms with Crippen LogP contribution in [-0.4, -0.2) is 80.4 Å². The summed E-state index contributed by atoms with van der Waals surface area (Å²) in [5, 5.41) is 3.70. The average molecular weight is 596 g/mol. The zero-order chi connectivity index (χ0) is 27.1. The Morgan fingerprint density at radius 3 is 2.53 bits per heavy atom. The molecule has 0 spiro atoms. The first-order valence-electron chi connectivity index (χ1n) is 10.6. The number of benzene rings is 1. The van der Waals surface area contributed by atoms with Crippen molar-refractivity contribution in [3.8, 4) is 11.4 Å². The highest BCUT2D eigenvalue weighted by Gasteiger charge is 2.36. The molecule has 0 radical (unpaired) electrons. The molecule has 2 rings (SSSR count). The largest absolute Gasteiger partial charge is 0.463 e. The third kappa shape index (κ3) is 8.13. The lowest BCUT2D eigenvalue weighted by atomic mass is 10.2. The molecule has 1 heterocycles. The fourth-order valence-corrected chi connectivity index (χ4v) is 3.99. The van der Waals surface area contributed by atoms with E-state index in [9.17, 15) is 26.4 Å². The van der Waals surface area contributed by atoms with Crippen LogP contribution >= 0.6 is 15.9 Å². The summed E-state index contributed by atoms with van der Waals surface area (Å²) < 4.78 is 72.8. The third-order valence-corrected chi connectivity index (χ3v) is 6.74. The Labute approximate surface area is 214 Å². The molecule has 2 aromatic rings. The first kappa shape index (κ1) is 29.5. The first-order chi connectivity index (χ1) is 16.8. The van der Waals surface area contributed by atoms with Crippen molar-refractivity contribution >= 4 is 37.4 Å². The maximum Gasteiger partial charge on any atom is 0.431 e. The van der Waals surface area contributed by atoms with Gasteiger partial charge in [0, 0.05) is 18.4 Å².